The summed E-state index contributed by atoms with van der Waals surface area (Å²) < 4.78 is 36.0. The van der Waals surface area contributed by atoms with Gasteiger partial charge in [-0.05, 0) is 35.4 Å². The van der Waals surface area contributed by atoms with Crippen LogP contribution in [0.5, 0.6) is 0 Å². The van der Waals surface area contributed by atoms with Crippen LogP contribution in [0.2, 0.25) is 0 Å². The van der Waals surface area contributed by atoms with Gasteiger partial charge in [0.1, 0.15) is 11.6 Å². The largest absolute Gasteiger partial charge is 0.465 e. The normalized spacial score (nSPS) is 10.2. The zero-order valence-electron chi connectivity index (χ0n) is 11.9. The Hall–Kier alpha value is -2.76. The number of methoxy groups -OCH3 is 2. The lowest BCUT2D eigenvalue weighted by atomic mass is 9.95. The molecule has 2 aromatic carbocycles. The first-order valence-corrected chi connectivity index (χ1v) is 6.24. The van der Waals surface area contributed by atoms with Crippen LogP contribution in [0.25, 0.3) is 11.1 Å². The predicted octanol–water partition coefficient (Wildman–Crippen LogP) is 3.21. The number of carbonyl (C=O) groups excluding carboxylic acids is 2. The second kappa shape index (κ2) is 6.34. The molecule has 0 spiro atoms. The van der Waals surface area contributed by atoms with Gasteiger partial charge in [-0.25, -0.2) is 18.4 Å². The van der Waals surface area contributed by atoms with Crippen molar-refractivity contribution in [2.75, 3.05) is 14.2 Å². The van der Waals surface area contributed by atoms with Gasteiger partial charge in [0.2, 0.25) is 0 Å². The predicted molar refractivity (Wildman–Crippen MR) is 74.5 cm³/mol. The molecule has 0 atom stereocenters. The number of ether oxygens (including phenoxy) is 2. The SMILES string of the molecule is COC(=O)c1cc(F)ccc1-c1ccc(F)cc1C(=O)OC. The van der Waals surface area contributed by atoms with Crippen LogP contribution >= 0.6 is 0 Å². The molecule has 2 aromatic rings. The van der Waals surface area contributed by atoms with Crippen molar-refractivity contribution < 1.29 is 27.8 Å². The van der Waals surface area contributed by atoms with Crippen molar-refractivity contribution in [1.82, 2.24) is 0 Å². The van der Waals surface area contributed by atoms with Crippen molar-refractivity contribution in [2.45, 2.75) is 0 Å². The number of benzene rings is 2. The minimum absolute atomic E-state index is 0.0701. The van der Waals surface area contributed by atoms with Crippen LogP contribution in [-0.2, 0) is 9.47 Å². The van der Waals surface area contributed by atoms with E-state index < -0.39 is 23.6 Å². The van der Waals surface area contributed by atoms with Gasteiger partial charge < -0.3 is 9.47 Å². The Kier molecular flexibility index (Phi) is 4.50. The highest BCUT2D eigenvalue weighted by atomic mass is 19.1. The van der Waals surface area contributed by atoms with Crippen molar-refractivity contribution in [1.29, 1.82) is 0 Å². The number of esters is 2. The van der Waals surface area contributed by atoms with Crippen molar-refractivity contribution in [3.05, 3.63) is 59.2 Å². The summed E-state index contributed by atoms with van der Waals surface area (Å²) in [7, 11) is 2.31. The van der Waals surface area contributed by atoms with E-state index in [2.05, 4.69) is 9.47 Å². The molecule has 6 heteroatoms. The van der Waals surface area contributed by atoms with Crippen LogP contribution in [0, 0.1) is 11.6 Å². The number of carbonyl (C=O) groups is 2. The van der Waals surface area contributed by atoms with Gasteiger partial charge in [0, 0.05) is 0 Å². The summed E-state index contributed by atoms with van der Waals surface area (Å²) in [4.78, 5) is 23.6. The highest BCUT2D eigenvalue weighted by molar-refractivity contribution is 6.03. The van der Waals surface area contributed by atoms with Gasteiger partial charge in [-0.1, -0.05) is 12.1 Å². The number of hydrogen-bond acceptors (Lipinski definition) is 4. The third-order valence-corrected chi connectivity index (χ3v) is 3.06. The van der Waals surface area contributed by atoms with Crippen molar-refractivity contribution >= 4 is 11.9 Å². The van der Waals surface area contributed by atoms with Crippen LogP contribution in [-0.4, -0.2) is 26.2 Å². The molecule has 4 nitrogen and oxygen atoms in total. The molecular weight excluding hydrogens is 294 g/mol. The first kappa shape index (κ1) is 15.6. The molecule has 0 heterocycles. The first-order chi connectivity index (χ1) is 10.5. The Labute approximate surface area is 125 Å². The van der Waals surface area contributed by atoms with E-state index in [0.717, 1.165) is 38.5 Å². The van der Waals surface area contributed by atoms with Crippen molar-refractivity contribution in [3.8, 4) is 11.1 Å². The third-order valence-electron chi connectivity index (χ3n) is 3.06. The fourth-order valence-electron chi connectivity index (χ4n) is 2.06. The monoisotopic (exact) mass is 306 g/mol. The van der Waals surface area contributed by atoms with Gasteiger partial charge in [-0.3, -0.25) is 0 Å². The molecular formula is C16H12F2O4. The summed E-state index contributed by atoms with van der Waals surface area (Å²) in [6, 6.07) is 6.89. The van der Waals surface area contributed by atoms with Gasteiger partial charge in [0.05, 0.1) is 25.3 Å². The Morgan fingerprint density at radius 2 is 1.14 bits per heavy atom. The highest BCUT2D eigenvalue weighted by Crippen LogP contribution is 2.29. The number of rotatable bonds is 3. The summed E-state index contributed by atoms with van der Waals surface area (Å²) >= 11 is 0. The van der Waals surface area contributed by atoms with Gasteiger partial charge in [0.15, 0.2) is 0 Å². The fourth-order valence-corrected chi connectivity index (χ4v) is 2.06. The fraction of sp³-hybridized carbons (Fsp3) is 0.125. The summed E-state index contributed by atoms with van der Waals surface area (Å²) in [5, 5.41) is 0. The molecule has 0 aliphatic carbocycles. The molecule has 0 bridgehead atoms. The quantitative estimate of drug-likeness (QED) is 0.817. The Morgan fingerprint density at radius 1 is 0.773 bits per heavy atom. The van der Waals surface area contributed by atoms with Crippen LogP contribution in [0.1, 0.15) is 20.7 Å². The molecule has 0 fully saturated rings. The molecule has 0 aliphatic heterocycles. The second-order valence-corrected chi connectivity index (χ2v) is 4.36. The number of hydrogen-bond donors (Lipinski definition) is 0. The third kappa shape index (κ3) is 2.95. The second-order valence-electron chi connectivity index (χ2n) is 4.36. The average Bonchev–Trinajstić information content (AvgIpc) is 2.53. The van der Waals surface area contributed by atoms with Crippen molar-refractivity contribution in [3.63, 3.8) is 0 Å². The van der Waals surface area contributed by atoms with Gasteiger partial charge in [-0.15, -0.1) is 0 Å². The van der Waals surface area contributed by atoms with E-state index in [9.17, 15) is 18.4 Å². The van der Waals surface area contributed by atoms with E-state index in [4.69, 9.17) is 0 Å². The minimum Gasteiger partial charge on any atom is -0.465 e. The Morgan fingerprint density at radius 3 is 1.45 bits per heavy atom. The van der Waals surface area contributed by atoms with E-state index in [1.165, 1.54) is 12.1 Å². The van der Waals surface area contributed by atoms with Crippen LogP contribution < -0.4 is 0 Å². The zero-order chi connectivity index (χ0) is 16.3. The Balaban J connectivity index is 2.72. The van der Waals surface area contributed by atoms with E-state index in [-0.39, 0.29) is 22.3 Å². The maximum absolute atomic E-state index is 13.4. The molecule has 0 saturated carbocycles. The summed E-state index contributed by atoms with van der Waals surface area (Å²) in [6.45, 7) is 0. The lowest BCUT2D eigenvalue weighted by molar-refractivity contribution is 0.0589. The van der Waals surface area contributed by atoms with Crippen LogP contribution in [0.4, 0.5) is 8.78 Å². The number of halogens is 2. The lowest BCUT2D eigenvalue weighted by Crippen LogP contribution is -2.08. The molecule has 22 heavy (non-hydrogen) atoms. The molecule has 0 saturated heterocycles. The Bertz CT molecular complexity index is 677. The first-order valence-electron chi connectivity index (χ1n) is 6.24. The van der Waals surface area contributed by atoms with Gasteiger partial charge in [-0.2, -0.15) is 0 Å². The molecule has 0 aliphatic rings. The van der Waals surface area contributed by atoms with Crippen LogP contribution in [0.15, 0.2) is 36.4 Å². The van der Waals surface area contributed by atoms with E-state index in [0.29, 0.717) is 0 Å². The molecule has 114 valence electrons. The smallest absolute Gasteiger partial charge is 0.338 e. The van der Waals surface area contributed by atoms with E-state index >= 15 is 0 Å². The standard InChI is InChI=1S/C16H12F2O4/c1-21-15(19)13-7-9(17)3-5-11(13)12-6-4-10(18)8-14(12)16(20)22-2/h3-8H,1-2H3. The summed E-state index contributed by atoms with van der Waals surface area (Å²) in [6.07, 6.45) is 0. The van der Waals surface area contributed by atoms with Crippen LogP contribution in [0.3, 0.4) is 0 Å². The molecule has 0 aromatic heterocycles. The maximum atomic E-state index is 13.4. The molecule has 0 amide bonds. The topological polar surface area (TPSA) is 52.6 Å². The van der Waals surface area contributed by atoms with Gasteiger partial charge >= 0.3 is 11.9 Å². The average molecular weight is 306 g/mol. The van der Waals surface area contributed by atoms with E-state index in [1.807, 2.05) is 0 Å². The van der Waals surface area contributed by atoms with Crippen molar-refractivity contribution in [2.24, 2.45) is 0 Å². The molecule has 0 unspecified atom stereocenters. The van der Waals surface area contributed by atoms with E-state index in [1.54, 1.807) is 0 Å². The molecule has 0 radical (unpaired) electrons. The minimum atomic E-state index is -0.769. The lowest BCUT2D eigenvalue weighted by Gasteiger charge is -2.12. The maximum Gasteiger partial charge on any atom is 0.338 e. The summed E-state index contributed by atoms with van der Waals surface area (Å²) in [5.41, 5.74) is 0.348. The summed E-state index contributed by atoms with van der Waals surface area (Å²) in [5.74, 6) is -2.80. The molecule has 0 N–H and O–H groups in total. The highest BCUT2D eigenvalue weighted by Gasteiger charge is 2.20. The zero-order valence-corrected chi connectivity index (χ0v) is 11.9. The van der Waals surface area contributed by atoms with Gasteiger partial charge in [0.25, 0.3) is 0 Å². The molecule has 2 rings (SSSR count).